The standard InChI is InChI=1S/C41H64O13/c1-20-36(46)29(42)16-34(49-20)53-38-22(3)51-35(18-31(38)44)54-37-21(2)50-33(17-30(37)43)52-25-8-11-39(4)24(15-25)6-7-28-27(39)9-12-40(5)26(10-13-41(28,40)47)23-14-32(45)48-19-23/h14,20-22,24-31,33-38,42-44,46-47H,6-13,15-19H2,1-5H3/t20-,21-,22-,24+,25+,26+,27+,28+,29-,30-,31+,33+,34+,35-,36-,37+,38-,39+,40+,41+/m1/s1. The van der Waals surface area contributed by atoms with Crippen LogP contribution in [-0.2, 0) is 38.0 Å². The molecule has 0 aromatic heterocycles. The lowest BCUT2D eigenvalue weighted by atomic mass is 9.43. The van der Waals surface area contributed by atoms with Crippen LogP contribution in [0, 0.1) is 34.5 Å². The Kier molecular flexibility index (Phi) is 10.9. The lowest BCUT2D eigenvalue weighted by Gasteiger charge is -2.64. The quantitative estimate of drug-likeness (QED) is 0.188. The first kappa shape index (κ1) is 39.6. The molecule has 54 heavy (non-hydrogen) atoms. The third kappa shape index (κ3) is 6.82. The van der Waals surface area contributed by atoms with E-state index in [0.717, 1.165) is 63.4 Å². The molecule has 4 heterocycles. The molecule has 20 atom stereocenters. The van der Waals surface area contributed by atoms with Crippen molar-refractivity contribution in [2.45, 2.75) is 197 Å². The van der Waals surface area contributed by atoms with Crippen LogP contribution >= 0.6 is 0 Å². The number of hydrogen-bond donors (Lipinski definition) is 5. The van der Waals surface area contributed by atoms with Crippen LogP contribution in [0.3, 0.4) is 0 Å². The Hall–Kier alpha value is -1.23. The Labute approximate surface area is 319 Å². The first-order valence-electron chi connectivity index (χ1n) is 20.8. The number of carbonyl (C=O) groups excluding carboxylic acids is 1. The second-order valence-corrected chi connectivity index (χ2v) is 18.7. The van der Waals surface area contributed by atoms with E-state index in [1.165, 1.54) is 0 Å². The molecule has 13 heteroatoms. The molecule has 0 aromatic carbocycles. The highest BCUT2D eigenvalue weighted by atomic mass is 16.7. The van der Waals surface area contributed by atoms with Crippen LogP contribution in [-0.4, -0.2) is 124 Å². The van der Waals surface area contributed by atoms with Crippen molar-refractivity contribution >= 4 is 5.97 Å². The van der Waals surface area contributed by atoms with Gasteiger partial charge in [0, 0.05) is 30.8 Å². The molecule has 4 saturated carbocycles. The Morgan fingerprint density at radius 2 is 1.30 bits per heavy atom. The summed E-state index contributed by atoms with van der Waals surface area (Å²) in [4.78, 5) is 11.9. The zero-order valence-corrected chi connectivity index (χ0v) is 32.6. The molecule has 0 aromatic rings. The van der Waals surface area contributed by atoms with E-state index < -0.39 is 79.4 Å². The lowest BCUT2D eigenvalue weighted by Crippen LogP contribution is -2.62. The summed E-state index contributed by atoms with van der Waals surface area (Å²) < 4.78 is 42.2. The third-order valence-electron chi connectivity index (χ3n) is 15.9. The number of rotatable bonds is 7. The van der Waals surface area contributed by atoms with Gasteiger partial charge in [-0.05, 0) is 113 Å². The van der Waals surface area contributed by atoms with Crippen LogP contribution in [0.15, 0.2) is 11.6 Å². The molecule has 4 aliphatic carbocycles. The molecule has 8 rings (SSSR count). The van der Waals surface area contributed by atoms with E-state index in [1.807, 2.05) is 6.92 Å². The van der Waals surface area contributed by atoms with E-state index in [2.05, 4.69) is 13.8 Å². The molecule has 3 saturated heterocycles. The fourth-order valence-electron chi connectivity index (χ4n) is 12.8. The smallest absolute Gasteiger partial charge is 0.331 e. The van der Waals surface area contributed by atoms with Crippen LogP contribution in [0.2, 0.25) is 0 Å². The number of cyclic esters (lactones) is 1. The van der Waals surface area contributed by atoms with Gasteiger partial charge in [0.2, 0.25) is 0 Å². The molecular weight excluding hydrogens is 700 g/mol. The van der Waals surface area contributed by atoms with Gasteiger partial charge in [0.05, 0.1) is 48.3 Å². The Morgan fingerprint density at radius 1 is 0.685 bits per heavy atom. The maximum absolute atomic E-state index is 12.6. The topological polar surface area (TPSA) is 183 Å². The highest BCUT2D eigenvalue weighted by Gasteiger charge is 2.68. The van der Waals surface area contributed by atoms with Gasteiger partial charge in [-0.1, -0.05) is 13.8 Å². The van der Waals surface area contributed by atoms with E-state index >= 15 is 0 Å². The fourth-order valence-corrected chi connectivity index (χ4v) is 12.8. The number of esters is 1. The van der Waals surface area contributed by atoms with Crippen molar-refractivity contribution in [3.63, 3.8) is 0 Å². The predicted molar refractivity (Wildman–Crippen MR) is 191 cm³/mol. The molecule has 8 aliphatic rings. The monoisotopic (exact) mass is 764 g/mol. The van der Waals surface area contributed by atoms with E-state index in [9.17, 15) is 30.3 Å². The highest BCUT2D eigenvalue weighted by molar-refractivity contribution is 5.85. The minimum Gasteiger partial charge on any atom is -0.458 e. The van der Waals surface area contributed by atoms with Gasteiger partial charge in [-0.2, -0.15) is 0 Å². The summed E-state index contributed by atoms with van der Waals surface area (Å²) in [6.45, 7) is 10.4. The fraction of sp³-hybridized carbons (Fsp3) is 0.927. The van der Waals surface area contributed by atoms with Crippen molar-refractivity contribution in [3.05, 3.63) is 11.6 Å². The number of aliphatic hydroxyl groups is 5. The number of hydrogen-bond acceptors (Lipinski definition) is 13. The van der Waals surface area contributed by atoms with Crippen LogP contribution in [0.4, 0.5) is 0 Å². The molecular formula is C41H64O13. The Morgan fingerprint density at radius 3 is 1.89 bits per heavy atom. The van der Waals surface area contributed by atoms with Crippen molar-refractivity contribution in [1.29, 1.82) is 0 Å². The molecule has 5 N–H and O–H groups in total. The van der Waals surface area contributed by atoms with Crippen molar-refractivity contribution in [2.75, 3.05) is 6.61 Å². The van der Waals surface area contributed by atoms with Gasteiger partial charge in [-0.15, -0.1) is 0 Å². The van der Waals surface area contributed by atoms with Gasteiger partial charge in [-0.25, -0.2) is 4.79 Å². The summed E-state index contributed by atoms with van der Waals surface area (Å²) in [5.41, 5.74) is 0.215. The SMILES string of the molecule is C[C@H]1O[C@@H](O[C@H]2[C@@H](O)C[C@@H](O[C@@H]3[C@H](O)C[C@H](O[C@H]4CC[C@@]5(C)[C@@H](CC[C@H]6[C@@H]5CC[C@@]5(C)[C@H](C7=CC(=O)OC7)CC[C@]65O)C4)O[C@@H]3C)O[C@@H]2C)C[C@@H](O)[C@@H]1O. The van der Waals surface area contributed by atoms with Crippen LogP contribution < -0.4 is 0 Å². The van der Waals surface area contributed by atoms with E-state index in [4.69, 9.17) is 33.2 Å². The second kappa shape index (κ2) is 14.9. The van der Waals surface area contributed by atoms with Gasteiger partial charge < -0.3 is 58.7 Å². The first-order chi connectivity index (χ1) is 25.6. The Balaban J connectivity index is 0.826. The van der Waals surface area contributed by atoms with E-state index in [-0.39, 0.29) is 54.0 Å². The summed E-state index contributed by atoms with van der Waals surface area (Å²) in [6.07, 6.45) is 1.90. The highest BCUT2D eigenvalue weighted by Crippen LogP contribution is 2.70. The number of aliphatic hydroxyl groups excluding tert-OH is 4. The van der Waals surface area contributed by atoms with E-state index in [0.29, 0.717) is 18.4 Å². The minimum absolute atomic E-state index is 0.0243. The predicted octanol–water partition coefficient (Wildman–Crippen LogP) is 3.25. The second-order valence-electron chi connectivity index (χ2n) is 18.7. The summed E-state index contributed by atoms with van der Waals surface area (Å²) in [6, 6.07) is 0. The van der Waals surface area contributed by atoms with Crippen molar-refractivity contribution in [1.82, 2.24) is 0 Å². The lowest BCUT2D eigenvalue weighted by molar-refractivity contribution is -0.336. The molecule has 0 bridgehead atoms. The average Bonchev–Trinajstić information content (AvgIpc) is 3.66. The van der Waals surface area contributed by atoms with Gasteiger partial charge >= 0.3 is 5.97 Å². The van der Waals surface area contributed by atoms with Crippen LogP contribution in [0.25, 0.3) is 0 Å². The molecule has 7 fully saturated rings. The summed E-state index contributed by atoms with van der Waals surface area (Å²) in [5.74, 6) is 1.13. The average molecular weight is 765 g/mol. The van der Waals surface area contributed by atoms with Gasteiger partial charge in [-0.3, -0.25) is 0 Å². The van der Waals surface area contributed by atoms with E-state index in [1.54, 1.807) is 19.9 Å². The minimum atomic E-state index is -0.996. The normalized spacial score (nSPS) is 55.0. The van der Waals surface area contributed by atoms with Crippen LogP contribution in [0.1, 0.15) is 112 Å². The summed E-state index contributed by atoms with van der Waals surface area (Å²) in [5, 5.41) is 55.0. The van der Waals surface area contributed by atoms with Crippen LogP contribution in [0.5, 0.6) is 0 Å². The molecule has 13 nitrogen and oxygen atoms in total. The first-order valence-corrected chi connectivity index (χ1v) is 20.8. The summed E-state index contributed by atoms with van der Waals surface area (Å²) in [7, 11) is 0. The van der Waals surface area contributed by atoms with Gasteiger partial charge in [0.25, 0.3) is 0 Å². The maximum Gasteiger partial charge on any atom is 0.331 e. The number of fused-ring (bicyclic) bond motifs is 5. The number of ether oxygens (including phenoxy) is 7. The van der Waals surface area contributed by atoms with Crippen molar-refractivity contribution < 1.29 is 63.5 Å². The molecule has 0 spiro atoms. The largest absolute Gasteiger partial charge is 0.458 e. The maximum atomic E-state index is 12.6. The molecule has 4 aliphatic heterocycles. The zero-order valence-electron chi connectivity index (χ0n) is 32.6. The third-order valence-corrected chi connectivity index (χ3v) is 15.9. The molecule has 0 radical (unpaired) electrons. The van der Waals surface area contributed by atoms with Gasteiger partial charge in [0.1, 0.15) is 24.9 Å². The van der Waals surface area contributed by atoms with Gasteiger partial charge in [0.15, 0.2) is 18.9 Å². The van der Waals surface area contributed by atoms with Crippen molar-refractivity contribution in [3.8, 4) is 0 Å². The molecule has 306 valence electrons. The molecule has 0 amide bonds. The zero-order chi connectivity index (χ0) is 38.3. The summed E-state index contributed by atoms with van der Waals surface area (Å²) >= 11 is 0. The Bertz CT molecular complexity index is 1370. The van der Waals surface area contributed by atoms with Crippen molar-refractivity contribution in [2.24, 2.45) is 34.5 Å². The number of carbonyl (C=O) groups is 1. The molecule has 0 unspecified atom stereocenters.